The van der Waals surface area contributed by atoms with E-state index in [1.807, 2.05) is 24.3 Å². The highest BCUT2D eigenvalue weighted by Crippen LogP contribution is 2.33. The van der Waals surface area contributed by atoms with Gasteiger partial charge in [-0.05, 0) is 36.2 Å². The first-order valence-corrected chi connectivity index (χ1v) is 8.06. The van der Waals surface area contributed by atoms with Crippen molar-refractivity contribution in [2.75, 3.05) is 20.3 Å². The highest BCUT2D eigenvalue weighted by molar-refractivity contribution is 5.78. The van der Waals surface area contributed by atoms with Crippen molar-refractivity contribution in [3.8, 4) is 11.5 Å². The highest BCUT2D eigenvalue weighted by atomic mass is 19.1. The van der Waals surface area contributed by atoms with Gasteiger partial charge in [-0.3, -0.25) is 4.79 Å². The Labute approximate surface area is 145 Å². The quantitative estimate of drug-likeness (QED) is 0.905. The van der Waals surface area contributed by atoms with Crippen LogP contribution in [-0.2, 0) is 4.79 Å². The maximum atomic E-state index is 13.2. The van der Waals surface area contributed by atoms with E-state index in [0.717, 1.165) is 5.56 Å². The van der Waals surface area contributed by atoms with E-state index in [4.69, 9.17) is 9.47 Å². The van der Waals surface area contributed by atoms with Gasteiger partial charge in [-0.15, -0.1) is 0 Å². The molecule has 1 aliphatic rings. The molecule has 0 unspecified atom stereocenters. The molecular formula is C19H20FNO4. The molecule has 6 heteroatoms. The minimum atomic E-state index is -0.589. The largest absolute Gasteiger partial charge is 0.497 e. The fourth-order valence-corrected chi connectivity index (χ4v) is 3.04. The number of carbonyl (C=O) groups is 1. The Balaban J connectivity index is 1.71. The van der Waals surface area contributed by atoms with Crippen molar-refractivity contribution in [2.24, 2.45) is 0 Å². The molecule has 0 aromatic heterocycles. The van der Waals surface area contributed by atoms with Gasteiger partial charge in [0.15, 0.2) is 6.61 Å². The molecule has 2 aromatic rings. The summed E-state index contributed by atoms with van der Waals surface area (Å²) in [5.41, 5.74) is 0.898. The van der Waals surface area contributed by atoms with Crippen LogP contribution in [0.25, 0.3) is 0 Å². The Hall–Kier alpha value is -2.60. The van der Waals surface area contributed by atoms with Gasteiger partial charge < -0.3 is 19.5 Å². The molecule has 2 aromatic carbocycles. The van der Waals surface area contributed by atoms with E-state index >= 15 is 0 Å². The van der Waals surface area contributed by atoms with Gasteiger partial charge in [0.25, 0.3) is 5.91 Å². The van der Waals surface area contributed by atoms with Crippen LogP contribution in [0.5, 0.6) is 11.5 Å². The number of hydrogen-bond donors (Lipinski definition) is 1. The van der Waals surface area contributed by atoms with Crippen LogP contribution >= 0.6 is 0 Å². The molecule has 132 valence electrons. The number of rotatable bonds is 5. The van der Waals surface area contributed by atoms with Gasteiger partial charge in [0.05, 0.1) is 19.3 Å². The molecule has 1 saturated heterocycles. The zero-order valence-electron chi connectivity index (χ0n) is 13.9. The Bertz CT molecular complexity index is 752. The fraction of sp³-hybridized carbons (Fsp3) is 0.316. The number of ether oxygens (including phenoxy) is 2. The van der Waals surface area contributed by atoms with Gasteiger partial charge in [0, 0.05) is 12.6 Å². The molecule has 0 spiro atoms. The molecule has 25 heavy (non-hydrogen) atoms. The van der Waals surface area contributed by atoms with Crippen molar-refractivity contribution < 1.29 is 23.8 Å². The van der Waals surface area contributed by atoms with E-state index in [1.165, 1.54) is 18.2 Å². The molecule has 3 rings (SSSR count). The van der Waals surface area contributed by atoms with Gasteiger partial charge in [-0.25, -0.2) is 4.39 Å². The number of aliphatic hydroxyl groups excluding tert-OH is 1. The van der Waals surface area contributed by atoms with Gasteiger partial charge in [0.2, 0.25) is 0 Å². The van der Waals surface area contributed by atoms with Crippen LogP contribution < -0.4 is 9.47 Å². The molecule has 0 saturated carbocycles. The Morgan fingerprint density at radius 3 is 2.76 bits per heavy atom. The SMILES string of the molecule is COc1cccc([C@@H]2C[C@H](O)CN2C(=O)COc2cccc(F)c2)c1. The first kappa shape index (κ1) is 17.2. The van der Waals surface area contributed by atoms with E-state index in [2.05, 4.69) is 0 Å². The van der Waals surface area contributed by atoms with Crippen LogP contribution in [0.1, 0.15) is 18.0 Å². The second kappa shape index (κ2) is 7.53. The molecule has 0 radical (unpaired) electrons. The van der Waals surface area contributed by atoms with Crippen LogP contribution in [0, 0.1) is 5.82 Å². The zero-order chi connectivity index (χ0) is 17.8. The maximum Gasteiger partial charge on any atom is 0.261 e. The summed E-state index contributed by atoms with van der Waals surface area (Å²) in [5, 5.41) is 10.0. The normalized spacial score (nSPS) is 19.7. The third-order valence-corrected chi connectivity index (χ3v) is 4.24. The number of carbonyl (C=O) groups excluding carboxylic acids is 1. The van der Waals surface area contributed by atoms with Crippen molar-refractivity contribution in [3.05, 3.63) is 59.9 Å². The Morgan fingerprint density at radius 1 is 1.24 bits per heavy atom. The third-order valence-electron chi connectivity index (χ3n) is 4.24. The second-order valence-electron chi connectivity index (χ2n) is 5.97. The number of aliphatic hydroxyl groups is 1. The molecule has 2 atom stereocenters. The number of benzene rings is 2. The molecule has 1 amide bonds. The predicted octanol–water partition coefficient (Wildman–Crippen LogP) is 2.55. The molecule has 1 N–H and O–H groups in total. The number of β-amino-alcohol motifs (C(OH)–C–C–N with tert-alkyl or cyclic N) is 1. The van der Waals surface area contributed by atoms with Crippen molar-refractivity contribution >= 4 is 5.91 Å². The molecule has 1 aliphatic heterocycles. The lowest BCUT2D eigenvalue weighted by Gasteiger charge is -2.25. The molecule has 0 bridgehead atoms. The smallest absolute Gasteiger partial charge is 0.261 e. The zero-order valence-corrected chi connectivity index (χ0v) is 13.9. The second-order valence-corrected chi connectivity index (χ2v) is 5.97. The van der Waals surface area contributed by atoms with Gasteiger partial charge in [0.1, 0.15) is 17.3 Å². The van der Waals surface area contributed by atoms with Crippen molar-refractivity contribution in [3.63, 3.8) is 0 Å². The number of nitrogens with zero attached hydrogens (tertiary/aromatic N) is 1. The summed E-state index contributed by atoms with van der Waals surface area (Å²) in [5.74, 6) is 0.317. The lowest BCUT2D eigenvalue weighted by molar-refractivity contribution is -0.134. The Kier molecular flexibility index (Phi) is 5.19. The molecule has 0 aliphatic carbocycles. The summed E-state index contributed by atoms with van der Waals surface area (Å²) >= 11 is 0. The summed E-state index contributed by atoms with van der Waals surface area (Å²) in [7, 11) is 1.58. The number of methoxy groups -OCH3 is 1. The van der Waals surface area contributed by atoms with Crippen molar-refractivity contribution in [2.45, 2.75) is 18.6 Å². The van der Waals surface area contributed by atoms with E-state index < -0.39 is 11.9 Å². The number of hydrogen-bond acceptors (Lipinski definition) is 4. The monoisotopic (exact) mass is 345 g/mol. The standard InChI is InChI=1S/C19H20FNO4/c1-24-16-6-2-4-13(8-16)18-10-15(22)11-21(18)19(23)12-25-17-7-3-5-14(20)9-17/h2-9,15,18,22H,10-12H2,1H3/t15-,18-/m0/s1. The number of amides is 1. The van der Waals surface area contributed by atoms with E-state index in [-0.39, 0.29) is 25.1 Å². The lowest BCUT2D eigenvalue weighted by Crippen LogP contribution is -2.35. The maximum absolute atomic E-state index is 13.2. The average Bonchev–Trinajstić information content (AvgIpc) is 3.02. The number of halogens is 1. The minimum Gasteiger partial charge on any atom is -0.497 e. The molecule has 1 heterocycles. The average molecular weight is 345 g/mol. The van der Waals surface area contributed by atoms with Crippen LogP contribution in [-0.4, -0.2) is 42.3 Å². The topological polar surface area (TPSA) is 59.0 Å². The number of likely N-dealkylation sites (tertiary alicyclic amines) is 1. The van der Waals surface area contributed by atoms with E-state index in [9.17, 15) is 14.3 Å². The lowest BCUT2D eigenvalue weighted by atomic mass is 10.0. The summed E-state index contributed by atoms with van der Waals surface area (Å²) < 4.78 is 23.8. The summed E-state index contributed by atoms with van der Waals surface area (Å²) in [6.07, 6.45) is -0.131. The van der Waals surface area contributed by atoms with E-state index in [0.29, 0.717) is 17.9 Å². The van der Waals surface area contributed by atoms with Crippen LogP contribution in [0.3, 0.4) is 0 Å². The Morgan fingerprint density at radius 2 is 2.00 bits per heavy atom. The fourth-order valence-electron chi connectivity index (χ4n) is 3.04. The molecule has 1 fully saturated rings. The first-order valence-electron chi connectivity index (χ1n) is 8.06. The summed E-state index contributed by atoms with van der Waals surface area (Å²) in [4.78, 5) is 14.1. The van der Waals surface area contributed by atoms with Crippen LogP contribution in [0.15, 0.2) is 48.5 Å². The van der Waals surface area contributed by atoms with Crippen LogP contribution in [0.4, 0.5) is 4.39 Å². The third kappa shape index (κ3) is 4.09. The van der Waals surface area contributed by atoms with Gasteiger partial charge in [-0.1, -0.05) is 18.2 Å². The van der Waals surface area contributed by atoms with E-state index in [1.54, 1.807) is 18.1 Å². The summed E-state index contributed by atoms with van der Waals surface area (Å²) in [6.45, 7) is 0.0316. The predicted molar refractivity (Wildman–Crippen MR) is 90.0 cm³/mol. The van der Waals surface area contributed by atoms with Gasteiger partial charge >= 0.3 is 0 Å². The summed E-state index contributed by atoms with van der Waals surface area (Å²) in [6, 6.07) is 12.8. The van der Waals surface area contributed by atoms with Crippen LogP contribution in [0.2, 0.25) is 0 Å². The van der Waals surface area contributed by atoms with Crippen molar-refractivity contribution in [1.82, 2.24) is 4.90 Å². The minimum absolute atomic E-state index is 0.212. The van der Waals surface area contributed by atoms with Crippen molar-refractivity contribution in [1.29, 1.82) is 0 Å². The molecular weight excluding hydrogens is 325 g/mol. The van der Waals surface area contributed by atoms with Gasteiger partial charge in [-0.2, -0.15) is 0 Å². The first-order chi connectivity index (χ1) is 12.1. The molecule has 5 nitrogen and oxygen atoms in total. The highest BCUT2D eigenvalue weighted by Gasteiger charge is 2.35.